The van der Waals surface area contributed by atoms with Gasteiger partial charge >= 0.3 is 6.09 Å². The molecule has 1 aromatic heterocycles. The molecule has 0 saturated carbocycles. The summed E-state index contributed by atoms with van der Waals surface area (Å²) < 4.78 is 24.1. The molecule has 0 N–H and O–H groups in total. The molecule has 4 rings (SSSR count). The minimum Gasteiger partial charge on any atom is -0.491 e. The third kappa shape index (κ3) is 4.70. The zero-order valence-electron chi connectivity index (χ0n) is 20.1. The van der Waals surface area contributed by atoms with Crippen molar-refractivity contribution in [2.75, 3.05) is 13.1 Å². The van der Waals surface area contributed by atoms with Gasteiger partial charge in [0.15, 0.2) is 5.75 Å². The second-order valence-corrected chi connectivity index (χ2v) is 8.91. The summed E-state index contributed by atoms with van der Waals surface area (Å²) in [6, 6.07) is 11.5. The minimum atomic E-state index is -0.444. The summed E-state index contributed by atoms with van der Waals surface area (Å²) in [5.74, 6) is 2.44. The molecule has 2 aromatic carbocycles. The Balaban J connectivity index is 1.81. The number of hydrogen-bond acceptors (Lipinski definition) is 5. The zero-order chi connectivity index (χ0) is 23.8. The van der Waals surface area contributed by atoms with Crippen molar-refractivity contribution in [3.05, 3.63) is 48.0 Å². The van der Waals surface area contributed by atoms with Gasteiger partial charge in [0.1, 0.15) is 28.4 Å². The van der Waals surface area contributed by atoms with E-state index < -0.39 is 11.7 Å². The quantitative estimate of drug-likeness (QED) is 0.409. The van der Waals surface area contributed by atoms with Crippen LogP contribution in [0.3, 0.4) is 0 Å². The smallest absolute Gasteiger partial charge is 0.415 e. The number of carbonyl (C=O) groups is 1. The average Bonchev–Trinajstić information content (AvgIpc) is 3.16. The summed E-state index contributed by atoms with van der Waals surface area (Å²) in [7, 11) is 0. The average molecular weight is 450 g/mol. The zero-order valence-corrected chi connectivity index (χ0v) is 20.1. The van der Waals surface area contributed by atoms with E-state index in [1.807, 2.05) is 90.1 Å². The van der Waals surface area contributed by atoms with Crippen molar-refractivity contribution < 1.29 is 23.4 Å². The first-order chi connectivity index (χ1) is 15.7. The Labute approximate surface area is 194 Å². The fourth-order valence-electron chi connectivity index (χ4n) is 3.86. The van der Waals surface area contributed by atoms with Gasteiger partial charge in [0.25, 0.3) is 0 Å². The first-order valence-electron chi connectivity index (χ1n) is 11.4. The molecular weight excluding hydrogens is 418 g/mol. The number of rotatable bonds is 6. The van der Waals surface area contributed by atoms with Gasteiger partial charge < -0.3 is 23.5 Å². The van der Waals surface area contributed by atoms with Crippen molar-refractivity contribution in [1.82, 2.24) is 4.90 Å². The van der Waals surface area contributed by atoms with Crippen molar-refractivity contribution >= 4 is 23.1 Å². The Kier molecular flexibility index (Phi) is 6.11. The Hall–Kier alpha value is -3.41. The number of furan rings is 1. The van der Waals surface area contributed by atoms with E-state index in [0.29, 0.717) is 41.5 Å². The predicted molar refractivity (Wildman–Crippen MR) is 130 cm³/mol. The lowest BCUT2D eigenvalue weighted by atomic mass is 9.98. The SMILES string of the molecule is CCN(CC)C(=O)Oc1c(-c2cc3ccc(OC(C)C)cc3o2)ccc2c1C=CC(C)(C)O2. The first kappa shape index (κ1) is 22.8. The highest BCUT2D eigenvalue weighted by molar-refractivity contribution is 5.88. The topological polar surface area (TPSA) is 61.1 Å². The van der Waals surface area contributed by atoms with Crippen molar-refractivity contribution in [1.29, 1.82) is 0 Å². The van der Waals surface area contributed by atoms with Gasteiger partial charge in [-0.3, -0.25) is 0 Å². The number of carbonyl (C=O) groups excluding carboxylic acids is 1. The molecule has 1 aliphatic heterocycles. The molecule has 174 valence electrons. The highest BCUT2D eigenvalue weighted by Gasteiger charge is 2.28. The van der Waals surface area contributed by atoms with E-state index in [2.05, 4.69) is 0 Å². The first-order valence-corrected chi connectivity index (χ1v) is 11.4. The largest absolute Gasteiger partial charge is 0.491 e. The highest BCUT2D eigenvalue weighted by Crippen LogP contribution is 2.44. The molecule has 0 fully saturated rings. The number of hydrogen-bond donors (Lipinski definition) is 0. The predicted octanol–water partition coefficient (Wildman–Crippen LogP) is 6.91. The molecule has 6 nitrogen and oxygen atoms in total. The van der Waals surface area contributed by atoms with Crippen LogP contribution in [0.2, 0.25) is 0 Å². The van der Waals surface area contributed by atoms with Crippen LogP contribution in [-0.4, -0.2) is 35.8 Å². The van der Waals surface area contributed by atoms with E-state index in [1.165, 1.54) is 0 Å². The lowest BCUT2D eigenvalue weighted by molar-refractivity contribution is 0.152. The van der Waals surface area contributed by atoms with Crippen LogP contribution in [0.5, 0.6) is 17.2 Å². The monoisotopic (exact) mass is 449 g/mol. The maximum atomic E-state index is 12.9. The van der Waals surface area contributed by atoms with Crippen molar-refractivity contribution in [3.63, 3.8) is 0 Å². The fraction of sp³-hybridized carbons (Fsp3) is 0.370. The van der Waals surface area contributed by atoms with Gasteiger partial charge in [-0.25, -0.2) is 4.79 Å². The Morgan fingerprint density at radius 2 is 1.85 bits per heavy atom. The summed E-state index contributed by atoms with van der Waals surface area (Å²) in [5.41, 5.74) is 1.66. The van der Waals surface area contributed by atoms with E-state index >= 15 is 0 Å². The molecule has 0 spiro atoms. The van der Waals surface area contributed by atoms with Crippen LogP contribution in [0.1, 0.15) is 47.1 Å². The highest BCUT2D eigenvalue weighted by atomic mass is 16.6. The lowest BCUT2D eigenvalue weighted by Gasteiger charge is -2.29. The summed E-state index contributed by atoms with van der Waals surface area (Å²) in [4.78, 5) is 14.5. The van der Waals surface area contributed by atoms with Crippen LogP contribution in [0.25, 0.3) is 28.4 Å². The van der Waals surface area contributed by atoms with Crippen LogP contribution in [0.4, 0.5) is 4.79 Å². The van der Waals surface area contributed by atoms with Crippen LogP contribution < -0.4 is 14.2 Å². The van der Waals surface area contributed by atoms with Gasteiger partial charge in [-0.05, 0) is 84.0 Å². The van der Waals surface area contributed by atoms with E-state index in [9.17, 15) is 4.79 Å². The molecule has 0 saturated heterocycles. The second kappa shape index (κ2) is 8.85. The van der Waals surface area contributed by atoms with Crippen molar-refractivity contribution in [3.8, 4) is 28.6 Å². The van der Waals surface area contributed by atoms with Gasteiger partial charge in [-0.15, -0.1) is 0 Å². The summed E-state index contributed by atoms with van der Waals surface area (Å²) in [5, 5.41) is 0.938. The number of benzene rings is 2. The molecule has 2 heterocycles. The van der Waals surface area contributed by atoms with Gasteiger partial charge in [0, 0.05) is 24.5 Å². The van der Waals surface area contributed by atoms with Crippen molar-refractivity contribution in [2.45, 2.75) is 53.2 Å². The lowest BCUT2D eigenvalue weighted by Crippen LogP contribution is -2.33. The van der Waals surface area contributed by atoms with Crippen LogP contribution in [0.15, 0.2) is 46.9 Å². The van der Waals surface area contributed by atoms with E-state index in [0.717, 1.165) is 16.7 Å². The molecule has 0 radical (unpaired) electrons. The minimum absolute atomic E-state index is 0.0691. The standard InChI is InChI=1S/C27H31NO5/c1-7-28(8-2)26(29)32-25-20(11-12-22-21(25)13-14-27(5,6)33-22)24-15-18-9-10-19(30-17(3)4)16-23(18)31-24/h9-17H,7-8H2,1-6H3. The van der Waals surface area contributed by atoms with E-state index in [-0.39, 0.29) is 6.10 Å². The second-order valence-electron chi connectivity index (χ2n) is 8.91. The van der Waals surface area contributed by atoms with E-state index in [4.69, 9.17) is 18.6 Å². The molecule has 3 aromatic rings. The molecule has 0 atom stereocenters. The van der Waals surface area contributed by atoms with Gasteiger partial charge in [-0.1, -0.05) is 0 Å². The Bertz CT molecular complexity index is 1200. The van der Waals surface area contributed by atoms with Crippen LogP contribution in [-0.2, 0) is 0 Å². The normalized spacial score (nSPS) is 14.2. The molecule has 6 heteroatoms. The third-order valence-corrected chi connectivity index (χ3v) is 5.52. The van der Waals surface area contributed by atoms with Crippen LogP contribution >= 0.6 is 0 Å². The van der Waals surface area contributed by atoms with Gasteiger partial charge in [-0.2, -0.15) is 0 Å². The molecule has 0 aliphatic carbocycles. The number of ether oxygens (including phenoxy) is 3. The van der Waals surface area contributed by atoms with Crippen LogP contribution in [0, 0.1) is 0 Å². The third-order valence-electron chi connectivity index (χ3n) is 5.52. The van der Waals surface area contributed by atoms with Gasteiger partial charge in [0.2, 0.25) is 0 Å². The van der Waals surface area contributed by atoms with E-state index in [1.54, 1.807) is 4.90 Å². The number of nitrogens with zero attached hydrogens (tertiary/aromatic N) is 1. The summed E-state index contributed by atoms with van der Waals surface area (Å²) >= 11 is 0. The molecule has 1 amide bonds. The maximum Gasteiger partial charge on any atom is 0.415 e. The summed E-state index contributed by atoms with van der Waals surface area (Å²) in [6.07, 6.45) is 3.57. The molecule has 0 bridgehead atoms. The number of fused-ring (bicyclic) bond motifs is 2. The van der Waals surface area contributed by atoms with Crippen molar-refractivity contribution in [2.24, 2.45) is 0 Å². The van der Waals surface area contributed by atoms with Gasteiger partial charge in [0.05, 0.1) is 17.2 Å². The fourth-order valence-corrected chi connectivity index (χ4v) is 3.86. The number of amides is 1. The molecule has 1 aliphatic rings. The maximum absolute atomic E-state index is 12.9. The molecular formula is C27H31NO5. The summed E-state index contributed by atoms with van der Waals surface area (Å²) in [6.45, 7) is 12.9. The Morgan fingerprint density at radius 3 is 2.55 bits per heavy atom. The molecule has 0 unspecified atom stereocenters. The molecule has 33 heavy (non-hydrogen) atoms. The Morgan fingerprint density at radius 1 is 1.09 bits per heavy atom.